The fraction of sp³-hybridized carbons (Fsp3) is 0.200. The Morgan fingerprint density at radius 1 is 1.40 bits per heavy atom. The summed E-state index contributed by atoms with van der Waals surface area (Å²) in [5.41, 5.74) is 5.92. The van der Waals surface area contributed by atoms with Gasteiger partial charge in [-0.05, 0) is 19.1 Å². The summed E-state index contributed by atoms with van der Waals surface area (Å²) in [7, 11) is 0. The molecule has 5 heteroatoms. The second kappa shape index (κ2) is 4.99. The maximum absolute atomic E-state index is 11.4. The van der Waals surface area contributed by atoms with Crippen LogP contribution in [0.25, 0.3) is 0 Å². The number of rotatable bonds is 3. The van der Waals surface area contributed by atoms with E-state index in [0.29, 0.717) is 5.69 Å². The Morgan fingerprint density at radius 3 is 2.53 bits per heavy atom. The van der Waals surface area contributed by atoms with Gasteiger partial charge in [-0.25, -0.2) is 4.79 Å². The number of nitrogens with one attached hydrogen (secondary N) is 3. The van der Waals surface area contributed by atoms with Crippen LogP contribution in [0.4, 0.5) is 10.5 Å². The highest BCUT2D eigenvalue weighted by molar-refractivity contribution is 5.93. The summed E-state index contributed by atoms with van der Waals surface area (Å²) in [6.45, 7) is 1.65. The lowest BCUT2D eigenvalue weighted by Crippen LogP contribution is -2.43. The molecule has 0 radical (unpaired) electrons. The minimum absolute atomic E-state index is 0.0711. The third-order valence-corrected chi connectivity index (χ3v) is 1.85. The topological polar surface area (TPSA) is 91.0 Å². The quantitative estimate of drug-likeness (QED) is 0.441. The number of carbonyl (C=O) groups is 1. The maximum Gasteiger partial charge on any atom is 0.319 e. The molecule has 0 saturated carbocycles. The van der Waals surface area contributed by atoms with Gasteiger partial charge >= 0.3 is 6.03 Å². The van der Waals surface area contributed by atoms with Gasteiger partial charge in [0.2, 0.25) is 0 Å². The van der Waals surface area contributed by atoms with Gasteiger partial charge in [-0.3, -0.25) is 5.41 Å². The molecule has 1 atom stereocenters. The zero-order valence-corrected chi connectivity index (χ0v) is 8.45. The average molecular weight is 206 g/mol. The molecule has 80 valence electrons. The van der Waals surface area contributed by atoms with Crippen molar-refractivity contribution >= 4 is 17.6 Å². The fourth-order valence-corrected chi connectivity index (χ4v) is 0.963. The fourth-order valence-electron chi connectivity index (χ4n) is 0.963. The normalized spacial score (nSPS) is 11.5. The van der Waals surface area contributed by atoms with Crippen molar-refractivity contribution in [2.75, 3.05) is 5.32 Å². The number of hydrogen-bond donors (Lipinski definition) is 4. The monoisotopic (exact) mass is 206 g/mol. The highest BCUT2D eigenvalue weighted by Gasteiger charge is 2.08. The highest BCUT2D eigenvalue weighted by atomic mass is 16.2. The molecule has 1 aromatic carbocycles. The van der Waals surface area contributed by atoms with Gasteiger partial charge in [0.25, 0.3) is 0 Å². The van der Waals surface area contributed by atoms with Crippen molar-refractivity contribution < 1.29 is 4.79 Å². The van der Waals surface area contributed by atoms with Crippen molar-refractivity contribution in [3.63, 3.8) is 0 Å². The molecule has 0 fully saturated rings. The summed E-state index contributed by atoms with van der Waals surface area (Å²) in [6.07, 6.45) is 0. The molecule has 15 heavy (non-hydrogen) atoms. The first-order valence-electron chi connectivity index (χ1n) is 4.56. The van der Waals surface area contributed by atoms with E-state index in [1.807, 2.05) is 18.2 Å². The molecule has 1 unspecified atom stereocenters. The van der Waals surface area contributed by atoms with E-state index in [1.165, 1.54) is 0 Å². The number of para-hydroxylation sites is 1. The van der Waals surface area contributed by atoms with Crippen molar-refractivity contribution in [2.24, 2.45) is 5.73 Å². The van der Waals surface area contributed by atoms with Gasteiger partial charge < -0.3 is 16.4 Å². The third kappa shape index (κ3) is 3.68. The Bertz CT molecular complexity index is 350. The van der Waals surface area contributed by atoms with E-state index in [4.69, 9.17) is 11.1 Å². The lowest BCUT2D eigenvalue weighted by atomic mass is 10.3. The number of hydrogen-bond acceptors (Lipinski definition) is 2. The Hall–Kier alpha value is -2.04. The minimum atomic E-state index is -0.464. The van der Waals surface area contributed by atoms with Crippen LogP contribution in [0.3, 0.4) is 0 Å². The van der Waals surface area contributed by atoms with Gasteiger partial charge in [0, 0.05) is 5.69 Å². The van der Waals surface area contributed by atoms with Gasteiger partial charge in [0.1, 0.15) is 5.84 Å². The number of urea groups is 1. The Morgan fingerprint density at radius 2 is 2.00 bits per heavy atom. The van der Waals surface area contributed by atoms with Crippen molar-refractivity contribution in [1.82, 2.24) is 5.32 Å². The van der Waals surface area contributed by atoms with E-state index in [1.54, 1.807) is 19.1 Å². The molecule has 0 aliphatic rings. The second-order valence-electron chi connectivity index (χ2n) is 3.14. The Labute approximate surface area is 88.2 Å². The van der Waals surface area contributed by atoms with Gasteiger partial charge in [-0.15, -0.1) is 0 Å². The van der Waals surface area contributed by atoms with E-state index >= 15 is 0 Å². The van der Waals surface area contributed by atoms with Crippen LogP contribution in [0, 0.1) is 5.41 Å². The number of amidine groups is 1. The van der Waals surface area contributed by atoms with Crippen molar-refractivity contribution in [1.29, 1.82) is 5.41 Å². The van der Waals surface area contributed by atoms with Crippen molar-refractivity contribution in [2.45, 2.75) is 13.0 Å². The van der Waals surface area contributed by atoms with Crippen LogP contribution in [-0.4, -0.2) is 17.9 Å². The van der Waals surface area contributed by atoms with Crippen molar-refractivity contribution in [3.05, 3.63) is 30.3 Å². The zero-order valence-electron chi connectivity index (χ0n) is 8.45. The summed E-state index contributed by atoms with van der Waals surface area (Å²) in [5, 5.41) is 12.3. The molecule has 0 aromatic heterocycles. The number of benzene rings is 1. The summed E-state index contributed by atoms with van der Waals surface area (Å²) >= 11 is 0. The van der Waals surface area contributed by atoms with E-state index in [-0.39, 0.29) is 11.9 Å². The first-order valence-corrected chi connectivity index (χ1v) is 4.56. The summed E-state index contributed by atoms with van der Waals surface area (Å²) in [5.74, 6) is -0.0711. The predicted molar refractivity (Wildman–Crippen MR) is 60.0 cm³/mol. The molecule has 0 aliphatic carbocycles. The second-order valence-corrected chi connectivity index (χ2v) is 3.14. The largest absolute Gasteiger partial charge is 0.386 e. The number of nitrogens with two attached hydrogens (primary N) is 1. The van der Waals surface area contributed by atoms with E-state index in [9.17, 15) is 4.79 Å². The van der Waals surface area contributed by atoms with Gasteiger partial charge in [-0.2, -0.15) is 0 Å². The Kier molecular flexibility index (Phi) is 3.68. The lowest BCUT2D eigenvalue weighted by Gasteiger charge is -2.12. The predicted octanol–water partition coefficient (Wildman–Crippen LogP) is 1.13. The van der Waals surface area contributed by atoms with Crippen LogP contribution in [-0.2, 0) is 0 Å². The first kappa shape index (κ1) is 11.0. The number of anilines is 1. The smallest absolute Gasteiger partial charge is 0.319 e. The molecule has 1 aromatic rings. The van der Waals surface area contributed by atoms with Crippen LogP contribution >= 0.6 is 0 Å². The van der Waals surface area contributed by atoms with Gasteiger partial charge in [0.15, 0.2) is 0 Å². The van der Waals surface area contributed by atoms with Gasteiger partial charge in [0.05, 0.1) is 6.04 Å². The van der Waals surface area contributed by atoms with E-state index < -0.39 is 6.04 Å². The molecule has 5 N–H and O–H groups in total. The lowest BCUT2D eigenvalue weighted by molar-refractivity contribution is 0.251. The maximum atomic E-state index is 11.4. The first-order chi connectivity index (χ1) is 7.09. The van der Waals surface area contributed by atoms with Crippen LogP contribution in [0.2, 0.25) is 0 Å². The summed E-state index contributed by atoms with van der Waals surface area (Å²) in [4.78, 5) is 11.4. The Balaban J connectivity index is 2.47. The number of amides is 2. The van der Waals surface area contributed by atoms with E-state index in [2.05, 4.69) is 10.6 Å². The van der Waals surface area contributed by atoms with Gasteiger partial charge in [-0.1, -0.05) is 18.2 Å². The molecule has 0 spiro atoms. The molecule has 2 amide bonds. The molecule has 0 heterocycles. The molecular weight excluding hydrogens is 192 g/mol. The highest BCUT2D eigenvalue weighted by Crippen LogP contribution is 2.04. The average Bonchev–Trinajstić information content (AvgIpc) is 2.18. The van der Waals surface area contributed by atoms with Crippen LogP contribution in [0.15, 0.2) is 30.3 Å². The molecular formula is C10H14N4O. The summed E-state index contributed by atoms with van der Waals surface area (Å²) in [6, 6.07) is 8.23. The summed E-state index contributed by atoms with van der Waals surface area (Å²) < 4.78 is 0. The third-order valence-electron chi connectivity index (χ3n) is 1.85. The molecule has 0 aliphatic heterocycles. The SMILES string of the molecule is CC(NC(=O)Nc1ccccc1)C(=N)N. The molecule has 0 bridgehead atoms. The standard InChI is InChI=1S/C10H14N4O/c1-7(9(11)12)13-10(15)14-8-5-3-2-4-6-8/h2-7H,1H3,(H3,11,12)(H2,13,14,15). The van der Waals surface area contributed by atoms with Crippen molar-refractivity contribution in [3.8, 4) is 0 Å². The number of carbonyl (C=O) groups excluding carboxylic acids is 1. The molecule has 1 rings (SSSR count). The van der Waals surface area contributed by atoms with Crippen LogP contribution < -0.4 is 16.4 Å². The molecule has 5 nitrogen and oxygen atoms in total. The van der Waals surface area contributed by atoms with Crippen LogP contribution in [0.5, 0.6) is 0 Å². The van der Waals surface area contributed by atoms with E-state index in [0.717, 1.165) is 0 Å². The molecule has 0 saturated heterocycles. The minimum Gasteiger partial charge on any atom is -0.386 e. The van der Waals surface area contributed by atoms with Crippen LogP contribution in [0.1, 0.15) is 6.92 Å². The zero-order chi connectivity index (χ0) is 11.3.